The molecule has 0 radical (unpaired) electrons. The predicted octanol–water partition coefficient (Wildman–Crippen LogP) is 2.84. The van der Waals surface area contributed by atoms with Crippen LogP contribution in [0.25, 0.3) is 11.3 Å². The number of nitrogens with one attached hydrogen (secondary N) is 1. The molecule has 0 bridgehead atoms. The molecule has 2 aromatic rings. The van der Waals surface area contributed by atoms with E-state index >= 15 is 0 Å². The second kappa shape index (κ2) is 3.37. The van der Waals surface area contributed by atoms with Gasteiger partial charge in [-0.15, -0.1) is 0 Å². The number of nitrogen functional groups attached to an aromatic ring is 1. The van der Waals surface area contributed by atoms with Gasteiger partial charge in [-0.3, -0.25) is 0 Å². The minimum atomic E-state index is 0.661. The summed E-state index contributed by atoms with van der Waals surface area (Å²) in [5.74, 6) is 1.79. The molecule has 3 heteroatoms. The van der Waals surface area contributed by atoms with Gasteiger partial charge in [0.1, 0.15) is 5.82 Å². The number of nitrogens with two attached hydrogens (primary N) is 1. The highest BCUT2D eigenvalue weighted by Gasteiger charge is 2.27. The first kappa shape index (κ1) is 9.46. The van der Waals surface area contributed by atoms with Crippen molar-refractivity contribution in [1.82, 2.24) is 9.97 Å². The summed E-state index contributed by atoms with van der Waals surface area (Å²) in [5, 5.41) is 0. The number of hydrogen-bond acceptors (Lipinski definition) is 2. The highest BCUT2D eigenvalue weighted by Crippen LogP contribution is 2.39. The van der Waals surface area contributed by atoms with Crippen molar-refractivity contribution in [3.8, 4) is 11.3 Å². The summed E-state index contributed by atoms with van der Waals surface area (Å²) in [7, 11) is 0. The van der Waals surface area contributed by atoms with Crippen LogP contribution in [0.1, 0.15) is 30.3 Å². The summed E-state index contributed by atoms with van der Waals surface area (Å²) in [5.41, 5.74) is 9.84. The highest BCUT2D eigenvalue weighted by atomic mass is 14.9. The third-order valence-corrected chi connectivity index (χ3v) is 3.03. The Balaban J connectivity index is 2.04. The smallest absolute Gasteiger partial charge is 0.110 e. The molecule has 1 saturated carbocycles. The fourth-order valence-electron chi connectivity index (χ4n) is 2.00. The summed E-state index contributed by atoms with van der Waals surface area (Å²) in [6.45, 7) is 2.07. The van der Waals surface area contributed by atoms with E-state index in [0.717, 1.165) is 28.5 Å². The first-order chi connectivity index (χ1) is 7.74. The van der Waals surface area contributed by atoms with Crippen molar-refractivity contribution in [2.75, 3.05) is 5.73 Å². The Morgan fingerprint density at radius 2 is 2.19 bits per heavy atom. The number of aromatic nitrogens is 2. The molecule has 1 aliphatic carbocycles. The van der Waals surface area contributed by atoms with Crippen LogP contribution >= 0.6 is 0 Å². The minimum absolute atomic E-state index is 0.661. The summed E-state index contributed by atoms with van der Waals surface area (Å²) in [6, 6.07) is 7.89. The van der Waals surface area contributed by atoms with Crippen molar-refractivity contribution < 1.29 is 0 Å². The number of imidazole rings is 1. The molecule has 1 fully saturated rings. The maximum absolute atomic E-state index is 5.79. The molecule has 0 amide bonds. The predicted molar refractivity (Wildman–Crippen MR) is 65.1 cm³/mol. The van der Waals surface area contributed by atoms with Crippen LogP contribution in [0.5, 0.6) is 0 Å². The van der Waals surface area contributed by atoms with Crippen molar-refractivity contribution in [3.05, 3.63) is 35.8 Å². The Morgan fingerprint density at radius 1 is 1.38 bits per heavy atom. The van der Waals surface area contributed by atoms with E-state index < -0.39 is 0 Å². The number of anilines is 1. The third kappa shape index (κ3) is 1.58. The van der Waals surface area contributed by atoms with Crippen molar-refractivity contribution in [2.24, 2.45) is 0 Å². The Kier molecular flexibility index (Phi) is 1.99. The van der Waals surface area contributed by atoms with E-state index in [1.807, 2.05) is 18.2 Å². The number of H-pyrrole nitrogens is 1. The van der Waals surface area contributed by atoms with Gasteiger partial charge < -0.3 is 10.7 Å². The minimum Gasteiger partial charge on any atom is -0.399 e. The zero-order valence-corrected chi connectivity index (χ0v) is 9.33. The fraction of sp³-hybridized carbons (Fsp3) is 0.308. The van der Waals surface area contributed by atoms with Gasteiger partial charge in [-0.1, -0.05) is 12.1 Å². The Labute approximate surface area is 94.7 Å². The largest absolute Gasteiger partial charge is 0.399 e. The topological polar surface area (TPSA) is 54.7 Å². The average Bonchev–Trinajstić information content (AvgIpc) is 3.02. The van der Waals surface area contributed by atoms with Gasteiger partial charge in [-0.05, 0) is 31.9 Å². The van der Waals surface area contributed by atoms with Crippen LogP contribution in [0.3, 0.4) is 0 Å². The van der Waals surface area contributed by atoms with Gasteiger partial charge in [-0.25, -0.2) is 4.98 Å². The number of aromatic amines is 1. The first-order valence-electron chi connectivity index (χ1n) is 5.66. The van der Waals surface area contributed by atoms with E-state index in [-0.39, 0.29) is 0 Å². The maximum Gasteiger partial charge on any atom is 0.110 e. The number of benzene rings is 1. The van der Waals surface area contributed by atoms with Crippen molar-refractivity contribution in [3.63, 3.8) is 0 Å². The molecule has 1 aromatic carbocycles. The number of hydrogen-bond donors (Lipinski definition) is 2. The number of aryl methyl sites for hydroxylation is 1. The summed E-state index contributed by atoms with van der Waals surface area (Å²) < 4.78 is 0. The molecule has 0 unspecified atom stereocenters. The number of rotatable bonds is 2. The molecule has 0 saturated heterocycles. The summed E-state index contributed by atoms with van der Waals surface area (Å²) in [4.78, 5) is 8.04. The van der Waals surface area contributed by atoms with Gasteiger partial charge in [0.15, 0.2) is 0 Å². The average molecular weight is 213 g/mol. The zero-order chi connectivity index (χ0) is 11.1. The third-order valence-electron chi connectivity index (χ3n) is 3.03. The van der Waals surface area contributed by atoms with Crippen LogP contribution in [-0.4, -0.2) is 9.97 Å². The van der Waals surface area contributed by atoms with Crippen LogP contribution in [0, 0.1) is 6.92 Å². The van der Waals surface area contributed by atoms with E-state index in [9.17, 15) is 0 Å². The van der Waals surface area contributed by atoms with Gasteiger partial charge in [0, 0.05) is 22.9 Å². The monoisotopic (exact) mass is 213 g/mol. The lowest BCUT2D eigenvalue weighted by Crippen LogP contribution is -1.86. The molecule has 0 aliphatic heterocycles. The molecule has 3 rings (SSSR count). The molecule has 1 heterocycles. The SMILES string of the molecule is Cc1[nH]c(C2CC2)nc1-c1cccc(N)c1. The van der Waals surface area contributed by atoms with E-state index in [1.165, 1.54) is 12.8 Å². The fourth-order valence-corrected chi connectivity index (χ4v) is 2.00. The van der Waals surface area contributed by atoms with Gasteiger partial charge in [0.2, 0.25) is 0 Å². The lowest BCUT2D eigenvalue weighted by molar-refractivity contribution is 0.969. The summed E-state index contributed by atoms with van der Waals surface area (Å²) >= 11 is 0. The lowest BCUT2D eigenvalue weighted by atomic mass is 10.1. The van der Waals surface area contributed by atoms with E-state index in [2.05, 4.69) is 23.0 Å². The second-order valence-electron chi connectivity index (χ2n) is 4.50. The Bertz CT molecular complexity index is 524. The van der Waals surface area contributed by atoms with E-state index in [4.69, 9.17) is 5.73 Å². The van der Waals surface area contributed by atoms with Crippen LogP contribution in [-0.2, 0) is 0 Å². The Morgan fingerprint density at radius 3 is 2.88 bits per heavy atom. The second-order valence-corrected chi connectivity index (χ2v) is 4.50. The molecule has 82 valence electrons. The summed E-state index contributed by atoms with van der Waals surface area (Å²) in [6.07, 6.45) is 2.53. The molecule has 1 aliphatic rings. The van der Waals surface area contributed by atoms with Crippen molar-refractivity contribution in [2.45, 2.75) is 25.7 Å². The molecule has 3 nitrogen and oxygen atoms in total. The maximum atomic E-state index is 5.79. The van der Waals surface area contributed by atoms with E-state index in [0.29, 0.717) is 5.92 Å². The molecule has 16 heavy (non-hydrogen) atoms. The normalized spacial score (nSPS) is 15.3. The van der Waals surface area contributed by atoms with Crippen LogP contribution in [0.2, 0.25) is 0 Å². The van der Waals surface area contributed by atoms with Crippen LogP contribution in [0.4, 0.5) is 5.69 Å². The van der Waals surface area contributed by atoms with Gasteiger partial charge in [0.25, 0.3) is 0 Å². The Hall–Kier alpha value is -1.77. The standard InChI is InChI=1S/C13H15N3/c1-8-12(10-3-2-4-11(14)7-10)16-13(15-8)9-5-6-9/h2-4,7,9H,5-6,14H2,1H3,(H,15,16). The van der Waals surface area contributed by atoms with Crippen LogP contribution < -0.4 is 5.73 Å². The van der Waals surface area contributed by atoms with Crippen molar-refractivity contribution >= 4 is 5.69 Å². The molecule has 3 N–H and O–H groups in total. The molecular weight excluding hydrogens is 198 g/mol. The van der Waals surface area contributed by atoms with Crippen LogP contribution in [0.15, 0.2) is 24.3 Å². The van der Waals surface area contributed by atoms with Crippen molar-refractivity contribution in [1.29, 1.82) is 0 Å². The van der Waals surface area contributed by atoms with Gasteiger partial charge in [0.05, 0.1) is 5.69 Å². The molecule has 0 atom stereocenters. The van der Waals surface area contributed by atoms with Gasteiger partial charge >= 0.3 is 0 Å². The van der Waals surface area contributed by atoms with Gasteiger partial charge in [-0.2, -0.15) is 0 Å². The molecule has 0 spiro atoms. The quantitative estimate of drug-likeness (QED) is 0.754. The first-order valence-corrected chi connectivity index (χ1v) is 5.66. The zero-order valence-electron chi connectivity index (χ0n) is 9.33. The highest BCUT2D eigenvalue weighted by molar-refractivity contribution is 5.66. The number of nitrogens with zero attached hydrogens (tertiary/aromatic N) is 1. The molecular formula is C13H15N3. The lowest BCUT2D eigenvalue weighted by Gasteiger charge is -1.99. The molecule has 1 aromatic heterocycles. The van der Waals surface area contributed by atoms with E-state index in [1.54, 1.807) is 0 Å².